The highest BCUT2D eigenvalue weighted by Gasteiger charge is 2.28. The lowest BCUT2D eigenvalue weighted by Crippen LogP contribution is -2.35. The van der Waals surface area contributed by atoms with Crippen molar-refractivity contribution < 1.29 is 8.42 Å². The molecule has 0 aliphatic carbocycles. The summed E-state index contributed by atoms with van der Waals surface area (Å²) in [6.07, 6.45) is 2.57. The van der Waals surface area contributed by atoms with E-state index in [1.54, 1.807) is 19.2 Å². The maximum Gasteiger partial charge on any atom is 0.246 e. The second-order valence-electron chi connectivity index (χ2n) is 4.51. The topological polar surface area (TPSA) is 86.1 Å². The summed E-state index contributed by atoms with van der Waals surface area (Å²) in [5.74, 6) is 0.352. The molecule has 1 atom stereocenters. The van der Waals surface area contributed by atoms with Crippen LogP contribution in [0.2, 0.25) is 0 Å². The Morgan fingerprint density at radius 1 is 1.55 bits per heavy atom. The summed E-state index contributed by atoms with van der Waals surface area (Å²) in [7, 11) is -2.18. The lowest BCUT2D eigenvalue weighted by molar-refractivity contribution is 0.393. The average molecular weight is 296 g/mol. The third kappa shape index (κ3) is 3.68. The van der Waals surface area contributed by atoms with E-state index in [4.69, 9.17) is 5.26 Å². The van der Waals surface area contributed by atoms with Crippen LogP contribution in [0.1, 0.15) is 26.7 Å². The van der Waals surface area contributed by atoms with Gasteiger partial charge in [0.2, 0.25) is 10.0 Å². The summed E-state index contributed by atoms with van der Waals surface area (Å²) in [5, 5.41) is 11.7. The van der Waals surface area contributed by atoms with Crippen LogP contribution in [-0.4, -0.2) is 37.3 Å². The first-order valence-electron chi connectivity index (χ1n) is 6.49. The van der Waals surface area contributed by atoms with Crippen molar-refractivity contribution in [3.05, 3.63) is 18.3 Å². The highest BCUT2D eigenvalue weighted by Crippen LogP contribution is 2.23. The van der Waals surface area contributed by atoms with Gasteiger partial charge in [-0.3, -0.25) is 0 Å². The maximum atomic E-state index is 12.6. The van der Waals surface area contributed by atoms with Gasteiger partial charge >= 0.3 is 0 Å². The summed E-state index contributed by atoms with van der Waals surface area (Å²) in [5.41, 5.74) is 0. The molecule has 0 fully saturated rings. The monoisotopic (exact) mass is 296 g/mol. The van der Waals surface area contributed by atoms with Crippen molar-refractivity contribution in [2.75, 3.05) is 18.9 Å². The fraction of sp³-hybridized carbons (Fsp3) is 0.538. The van der Waals surface area contributed by atoms with Gasteiger partial charge in [0.05, 0.1) is 12.5 Å². The number of hydrogen-bond donors (Lipinski definition) is 1. The summed E-state index contributed by atoms with van der Waals surface area (Å²) >= 11 is 0. The molecule has 0 saturated heterocycles. The Hall–Kier alpha value is -1.65. The van der Waals surface area contributed by atoms with Gasteiger partial charge in [-0.05, 0) is 25.5 Å². The van der Waals surface area contributed by atoms with Crippen molar-refractivity contribution in [1.82, 2.24) is 9.29 Å². The smallest absolute Gasteiger partial charge is 0.246 e. The number of nitrogens with one attached hydrogen (secondary N) is 1. The predicted molar refractivity (Wildman–Crippen MR) is 77.7 cm³/mol. The predicted octanol–water partition coefficient (Wildman–Crippen LogP) is 1.83. The SMILES string of the molecule is CCCNc1ncccc1S(=O)(=O)N(C)C(C)CC#N. The molecule has 1 heterocycles. The minimum atomic E-state index is -3.66. The molecule has 1 N–H and O–H groups in total. The van der Waals surface area contributed by atoms with E-state index in [0.717, 1.165) is 6.42 Å². The van der Waals surface area contributed by atoms with Crippen molar-refractivity contribution >= 4 is 15.8 Å². The molecule has 1 aromatic rings. The van der Waals surface area contributed by atoms with E-state index in [2.05, 4.69) is 10.3 Å². The molecule has 0 aromatic carbocycles. The van der Waals surface area contributed by atoms with Gasteiger partial charge in [-0.2, -0.15) is 9.57 Å². The Morgan fingerprint density at radius 3 is 2.85 bits per heavy atom. The summed E-state index contributed by atoms with van der Waals surface area (Å²) in [6.45, 7) is 4.35. The summed E-state index contributed by atoms with van der Waals surface area (Å²) in [6, 6.07) is 4.71. The van der Waals surface area contributed by atoms with E-state index in [9.17, 15) is 8.42 Å². The van der Waals surface area contributed by atoms with Crippen LogP contribution in [-0.2, 0) is 10.0 Å². The molecule has 0 radical (unpaired) electrons. The zero-order chi connectivity index (χ0) is 15.2. The lowest BCUT2D eigenvalue weighted by atomic mass is 10.3. The highest BCUT2D eigenvalue weighted by atomic mass is 32.2. The number of sulfonamides is 1. The normalized spacial score (nSPS) is 12.9. The molecule has 0 spiro atoms. The van der Waals surface area contributed by atoms with Gasteiger partial charge in [-0.1, -0.05) is 6.92 Å². The third-order valence-electron chi connectivity index (χ3n) is 2.98. The van der Waals surface area contributed by atoms with Crippen molar-refractivity contribution in [2.45, 2.75) is 37.6 Å². The zero-order valence-electron chi connectivity index (χ0n) is 12.0. The Morgan fingerprint density at radius 2 is 2.25 bits per heavy atom. The lowest BCUT2D eigenvalue weighted by Gasteiger charge is -2.23. The first-order chi connectivity index (χ1) is 9.45. The molecule has 1 unspecified atom stereocenters. The van der Waals surface area contributed by atoms with Crippen LogP contribution in [0.5, 0.6) is 0 Å². The van der Waals surface area contributed by atoms with E-state index >= 15 is 0 Å². The van der Waals surface area contributed by atoms with E-state index in [1.807, 2.05) is 13.0 Å². The largest absolute Gasteiger partial charge is 0.369 e. The molecule has 0 saturated carbocycles. The fourth-order valence-electron chi connectivity index (χ4n) is 1.63. The van der Waals surface area contributed by atoms with Crippen LogP contribution in [0.4, 0.5) is 5.82 Å². The minimum Gasteiger partial charge on any atom is -0.369 e. The molecule has 0 bridgehead atoms. The van der Waals surface area contributed by atoms with Crippen molar-refractivity contribution in [3.63, 3.8) is 0 Å². The van der Waals surface area contributed by atoms with Gasteiger partial charge < -0.3 is 5.32 Å². The van der Waals surface area contributed by atoms with Gasteiger partial charge in [0.15, 0.2) is 0 Å². The van der Waals surface area contributed by atoms with E-state index in [1.165, 1.54) is 17.4 Å². The van der Waals surface area contributed by atoms with Gasteiger partial charge in [-0.15, -0.1) is 0 Å². The van der Waals surface area contributed by atoms with Crippen LogP contribution in [0, 0.1) is 11.3 Å². The number of pyridine rings is 1. The van der Waals surface area contributed by atoms with Gasteiger partial charge in [0.25, 0.3) is 0 Å². The molecule has 0 aliphatic heterocycles. The third-order valence-corrected chi connectivity index (χ3v) is 4.98. The van der Waals surface area contributed by atoms with Gasteiger partial charge in [-0.25, -0.2) is 13.4 Å². The zero-order valence-corrected chi connectivity index (χ0v) is 12.8. The van der Waals surface area contributed by atoms with Crippen LogP contribution in [0.15, 0.2) is 23.2 Å². The van der Waals surface area contributed by atoms with Crippen molar-refractivity contribution in [3.8, 4) is 6.07 Å². The molecule has 1 aromatic heterocycles. The first-order valence-corrected chi connectivity index (χ1v) is 7.93. The quantitative estimate of drug-likeness (QED) is 0.829. The molecular formula is C13H20N4O2S. The summed E-state index contributed by atoms with van der Waals surface area (Å²) in [4.78, 5) is 4.23. The number of aromatic nitrogens is 1. The minimum absolute atomic E-state index is 0.140. The number of rotatable bonds is 7. The number of nitriles is 1. The fourth-order valence-corrected chi connectivity index (χ4v) is 3.11. The summed E-state index contributed by atoms with van der Waals surface area (Å²) < 4.78 is 26.4. The van der Waals surface area contributed by atoms with E-state index in [0.29, 0.717) is 12.4 Å². The molecule has 1 rings (SSSR count). The molecule has 0 aliphatic rings. The Kier molecular flexibility index (Phi) is 5.92. The second kappa shape index (κ2) is 7.22. The van der Waals surface area contributed by atoms with Gasteiger partial charge in [0, 0.05) is 25.8 Å². The molecule has 110 valence electrons. The molecule has 6 nitrogen and oxygen atoms in total. The Bertz CT molecular complexity index is 580. The standard InChI is InChI=1S/C13H20N4O2S/c1-4-9-15-13-12(6-5-10-16-13)20(18,19)17(3)11(2)7-8-14/h5-6,10-11H,4,7,9H2,1-3H3,(H,15,16). The first kappa shape index (κ1) is 16.4. The van der Waals surface area contributed by atoms with Crippen molar-refractivity contribution in [1.29, 1.82) is 5.26 Å². The van der Waals surface area contributed by atoms with E-state index in [-0.39, 0.29) is 17.4 Å². The number of anilines is 1. The van der Waals surface area contributed by atoms with Crippen molar-refractivity contribution in [2.24, 2.45) is 0 Å². The Balaban J connectivity index is 3.12. The average Bonchev–Trinajstić information content (AvgIpc) is 2.44. The second-order valence-corrected chi connectivity index (χ2v) is 6.48. The van der Waals surface area contributed by atoms with E-state index < -0.39 is 10.0 Å². The van der Waals surface area contributed by atoms with Crippen LogP contribution < -0.4 is 5.32 Å². The van der Waals surface area contributed by atoms with Crippen LogP contribution in [0.3, 0.4) is 0 Å². The maximum absolute atomic E-state index is 12.6. The van der Waals surface area contributed by atoms with Gasteiger partial charge in [0.1, 0.15) is 10.7 Å². The molecular weight excluding hydrogens is 276 g/mol. The molecule has 0 amide bonds. The molecule has 20 heavy (non-hydrogen) atoms. The Labute approximate surface area is 120 Å². The highest BCUT2D eigenvalue weighted by molar-refractivity contribution is 7.89. The number of hydrogen-bond acceptors (Lipinski definition) is 5. The molecule has 7 heteroatoms. The van der Waals surface area contributed by atoms with Crippen LogP contribution in [0.25, 0.3) is 0 Å². The number of nitrogens with zero attached hydrogens (tertiary/aromatic N) is 3. The van der Waals surface area contributed by atoms with Crippen LogP contribution >= 0.6 is 0 Å².